The Labute approximate surface area is 128 Å². The average Bonchev–Trinajstić information content (AvgIpc) is 2.74. The molecule has 1 aromatic heterocycles. The van der Waals surface area contributed by atoms with Crippen molar-refractivity contribution in [3.63, 3.8) is 0 Å². The predicted octanol–water partition coefficient (Wildman–Crippen LogP) is 4.44. The van der Waals surface area contributed by atoms with Gasteiger partial charge in [-0.2, -0.15) is 0 Å². The molecular formula is C17H30N2S. The molecule has 1 aromatic rings. The fourth-order valence-electron chi connectivity index (χ4n) is 3.69. The Bertz CT molecular complexity index is 422. The van der Waals surface area contributed by atoms with Gasteiger partial charge in [0.1, 0.15) is 0 Å². The third-order valence-electron chi connectivity index (χ3n) is 5.02. The van der Waals surface area contributed by atoms with Gasteiger partial charge in [-0.1, -0.05) is 20.8 Å². The highest BCUT2D eigenvalue weighted by molar-refractivity contribution is 7.09. The number of thiazole rings is 1. The van der Waals surface area contributed by atoms with Crippen LogP contribution in [0.4, 0.5) is 0 Å². The molecule has 0 aromatic carbocycles. The molecule has 2 rings (SSSR count). The maximum atomic E-state index is 4.69. The Morgan fingerprint density at radius 2 is 2.00 bits per heavy atom. The highest BCUT2D eigenvalue weighted by Crippen LogP contribution is 2.46. The molecule has 114 valence electrons. The molecule has 0 amide bonds. The van der Waals surface area contributed by atoms with Crippen molar-refractivity contribution in [2.75, 3.05) is 13.6 Å². The van der Waals surface area contributed by atoms with Crippen LogP contribution in [0.1, 0.15) is 57.2 Å². The SMILES string of the molecule is CNCC1(Cc2nc(C)cs2)CCC(C(C)(C)C)CC1. The van der Waals surface area contributed by atoms with Crippen LogP contribution in [0.3, 0.4) is 0 Å². The molecule has 1 aliphatic rings. The quantitative estimate of drug-likeness (QED) is 0.888. The third kappa shape index (κ3) is 3.82. The number of aromatic nitrogens is 1. The van der Waals surface area contributed by atoms with Gasteiger partial charge in [-0.05, 0) is 56.4 Å². The number of nitrogens with one attached hydrogen (secondary N) is 1. The van der Waals surface area contributed by atoms with Gasteiger partial charge in [0.2, 0.25) is 0 Å². The van der Waals surface area contributed by atoms with E-state index in [1.165, 1.54) is 36.4 Å². The molecule has 1 saturated carbocycles. The zero-order chi connectivity index (χ0) is 14.8. The monoisotopic (exact) mass is 294 g/mol. The largest absolute Gasteiger partial charge is 0.319 e. The lowest BCUT2D eigenvalue weighted by atomic mass is 9.63. The van der Waals surface area contributed by atoms with Gasteiger partial charge < -0.3 is 5.32 Å². The molecule has 0 aliphatic heterocycles. The second kappa shape index (κ2) is 6.15. The van der Waals surface area contributed by atoms with Gasteiger partial charge in [0.25, 0.3) is 0 Å². The molecular weight excluding hydrogens is 264 g/mol. The molecule has 0 saturated heterocycles. The molecule has 0 atom stereocenters. The minimum Gasteiger partial charge on any atom is -0.319 e. The second-order valence-electron chi connectivity index (χ2n) is 7.73. The summed E-state index contributed by atoms with van der Waals surface area (Å²) in [7, 11) is 2.09. The molecule has 20 heavy (non-hydrogen) atoms. The van der Waals surface area contributed by atoms with E-state index < -0.39 is 0 Å². The highest BCUT2D eigenvalue weighted by atomic mass is 32.1. The number of hydrogen-bond donors (Lipinski definition) is 1. The summed E-state index contributed by atoms with van der Waals surface area (Å²) in [5.74, 6) is 0.880. The molecule has 0 radical (unpaired) electrons. The van der Waals surface area contributed by atoms with Crippen LogP contribution >= 0.6 is 11.3 Å². The molecule has 1 fully saturated rings. The van der Waals surface area contributed by atoms with Gasteiger partial charge in [-0.25, -0.2) is 4.98 Å². The van der Waals surface area contributed by atoms with Crippen molar-refractivity contribution in [1.82, 2.24) is 10.3 Å². The maximum absolute atomic E-state index is 4.69. The molecule has 0 unspecified atom stereocenters. The van der Waals surface area contributed by atoms with Crippen LogP contribution in [0.2, 0.25) is 0 Å². The summed E-state index contributed by atoms with van der Waals surface area (Å²) in [6.07, 6.45) is 6.58. The summed E-state index contributed by atoms with van der Waals surface area (Å²) in [5.41, 5.74) is 2.07. The van der Waals surface area contributed by atoms with E-state index in [1.807, 2.05) is 11.3 Å². The minimum atomic E-state index is 0.431. The Balaban J connectivity index is 2.05. The number of rotatable bonds is 4. The van der Waals surface area contributed by atoms with Crippen LogP contribution in [0.25, 0.3) is 0 Å². The fourth-order valence-corrected chi connectivity index (χ4v) is 4.64. The first-order chi connectivity index (χ1) is 9.35. The maximum Gasteiger partial charge on any atom is 0.0934 e. The Morgan fingerprint density at radius 3 is 2.45 bits per heavy atom. The number of hydrogen-bond acceptors (Lipinski definition) is 3. The van der Waals surface area contributed by atoms with Gasteiger partial charge in [-0.15, -0.1) is 11.3 Å². The van der Waals surface area contributed by atoms with E-state index in [0.717, 1.165) is 18.9 Å². The van der Waals surface area contributed by atoms with E-state index in [-0.39, 0.29) is 0 Å². The average molecular weight is 295 g/mol. The summed E-state index contributed by atoms with van der Waals surface area (Å²) in [6.45, 7) is 10.4. The van der Waals surface area contributed by atoms with Crippen LogP contribution in [-0.4, -0.2) is 18.6 Å². The number of aryl methyl sites for hydroxylation is 1. The Kier molecular flexibility index (Phi) is 4.91. The highest BCUT2D eigenvalue weighted by Gasteiger charge is 2.38. The fraction of sp³-hybridized carbons (Fsp3) is 0.824. The molecule has 2 nitrogen and oxygen atoms in total. The van der Waals surface area contributed by atoms with E-state index in [2.05, 4.69) is 45.4 Å². The van der Waals surface area contributed by atoms with Crippen LogP contribution in [0.5, 0.6) is 0 Å². The van der Waals surface area contributed by atoms with E-state index >= 15 is 0 Å². The van der Waals surface area contributed by atoms with Crippen molar-refractivity contribution in [2.24, 2.45) is 16.7 Å². The lowest BCUT2D eigenvalue weighted by molar-refractivity contribution is 0.0876. The third-order valence-corrected chi connectivity index (χ3v) is 5.98. The molecule has 1 heterocycles. The van der Waals surface area contributed by atoms with E-state index in [0.29, 0.717) is 10.8 Å². The standard InChI is InChI=1S/C17H30N2S/c1-13-11-20-15(19-13)10-17(12-18-5)8-6-14(7-9-17)16(2,3)4/h11,14,18H,6-10,12H2,1-5H3. The van der Waals surface area contributed by atoms with Gasteiger partial charge in [-0.3, -0.25) is 0 Å². The first kappa shape index (κ1) is 16.0. The zero-order valence-corrected chi connectivity index (χ0v) is 14.6. The van der Waals surface area contributed by atoms with E-state index in [4.69, 9.17) is 4.98 Å². The lowest BCUT2D eigenvalue weighted by Crippen LogP contribution is -2.40. The molecule has 1 N–H and O–H groups in total. The van der Waals surface area contributed by atoms with Crippen molar-refractivity contribution >= 4 is 11.3 Å². The van der Waals surface area contributed by atoms with E-state index in [9.17, 15) is 0 Å². The second-order valence-corrected chi connectivity index (χ2v) is 8.67. The molecule has 0 spiro atoms. The van der Waals surface area contributed by atoms with Crippen molar-refractivity contribution < 1.29 is 0 Å². The van der Waals surface area contributed by atoms with Crippen molar-refractivity contribution in [3.8, 4) is 0 Å². The molecule has 0 bridgehead atoms. The summed E-state index contributed by atoms with van der Waals surface area (Å²) >= 11 is 1.84. The Morgan fingerprint density at radius 1 is 1.35 bits per heavy atom. The zero-order valence-electron chi connectivity index (χ0n) is 13.8. The van der Waals surface area contributed by atoms with E-state index in [1.54, 1.807) is 0 Å². The van der Waals surface area contributed by atoms with Crippen LogP contribution in [-0.2, 0) is 6.42 Å². The molecule has 1 aliphatic carbocycles. The first-order valence-corrected chi connectivity index (χ1v) is 8.78. The Hall–Kier alpha value is -0.410. The molecule has 3 heteroatoms. The summed E-state index contributed by atoms with van der Waals surface area (Å²) in [5, 5.41) is 6.95. The summed E-state index contributed by atoms with van der Waals surface area (Å²) < 4.78 is 0. The predicted molar refractivity (Wildman–Crippen MR) is 88.3 cm³/mol. The van der Waals surface area contributed by atoms with Crippen molar-refractivity contribution in [1.29, 1.82) is 0 Å². The number of nitrogens with zero attached hydrogens (tertiary/aromatic N) is 1. The van der Waals surface area contributed by atoms with Crippen molar-refractivity contribution in [2.45, 2.75) is 59.8 Å². The first-order valence-electron chi connectivity index (χ1n) is 7.90. The van der Waals surface area contributed by atoms with Gasteiger partial charge >= 0.3 is 0 Å². The normalized spacial score (nSPS) is 27.8. The van der Waals surface area contributed by atoms with Crippen molar-refractivity contribution in [3.05, 3.63) is 16.1 Å². The van der Waals surface area contributed by atoms with Gasteiger partial charge in [0, 0.05) is 24.0 Å². The summed E-state index contributed by atoms with van der Waals surface area (Å²) in [6, 6.07) is 0. The van der Waals surface area contributed by atoms with Gasteiger partial charge in [0.05, 0.1) is 5.01 Å². The van der Waals surface area contributed by atoms with Crippen LogP contribution in [0.15, 0.2) is 5.38 Å². The minimum absolute atomic E-state index is 0.431. The van der Waals surface area contributed by atoms with Crippen LogP contribution in [0, 0.1) is 23.7 Å². The topological polar surface area (TPSA) is 24.9 Å². The smallest absolute Gasteiger partial charge is 0.0934 e. The summed E-state index contributed by atoms with van der Waals surface area (Å²) in [4.78, 5) is 4.69. The lowest BCUT2D eigenvalue weighted by Gasteiger charge is -2.44. The van der Waals surface area contributed by atoms with Gasteiger partial charge in [0.15, 0.2) is 0 Å². The van der Waals surface area contributed by atoms with Crippen LogP contribution < -0.4 is 5.32 Å².